The number of benzene rings is 2. The second kappa shape index (κ2) is 9.50. The number of pyridine rings is 1. The molecule has 3 N–H and O–H groups in total. The summed E-state index contributed by atoms with van der Waals surface area (Å²) in [5.41, 5.74) is 0.127. The second-order valence-electron chi connectivity index (χ2n) is 7.45. The van der Waals surface area contributed by atoms with Crippen molar-refractivity contribution in [3.05, 3.63) is 64.3 Å². The maximum atomic E-state index is 13.4. The van der Waals surface area contributed by atoms with Gasteiger partial charge in [-0.05, 0) is 43.7 Å². The minimum Gasteiger partial charge on any atom is -0.505 e. The number of H-pyrrole nitrogens is 1. The molecule has 0 unspecified atom stereocenters. The number of aromatic nitrogens is 2. The molecule has 0 atom stereocenters. The van der Waals surface area contributed by atoms with Crippen LogP contribution in [0.25, 0.3) is 21.7 Å². The molecular weight excluding hydrogens is 466 g/mol. The highest BCUT2D eigenvalue weighted by atomic mass is 31.2. The van der Waals surface area contributed by atoms with Crippen LogP contribution in [0.2, 0.25) is 0 Å². The van der Waals surface area contributed by atoms with Crippen molar-refractivity contribution in [2.24, 2.45) is 0 Å². The molecule has 2 aromatic carbocycles. The first-order valence-electron chi connectivity index (χ1n) is 10.6. The number of nitrogens with one attached hydrogen (secondary N) is 1. The average molecular weight is 490 g/mol. The molecule has 0 fully saturated rings. The molecule has 0 aliphatic heterocycles. The monoisotopic (exact) mass is 490 g/mol. The molecule has 34 heavy (non-hydrogen) atoms. The van der Waals surface area contributed by atoms with Gasteiger partial charge in [-0.25, -0.2) is 4.39 Å². The van der Waals surface area contributed by atoms with E-state index in [-0.39, 0.29) is 47.5 Å². The molecular formula is C23H24FN2O7P. The number of aromatic amines is 1. The molecule has 0 aliphatic rings. The Hall–Kier alpha value is -3.33. The van der Waals surface area contributed by atoms with E-state index in [9.17, 15) is 24.0 Å². The summed E-state index contributed by atoms with van der Waals surface area (Å²) in [7, 11) is -3.63. The minimum absolute atomic E-state index is 0.0115. The summed E-state index contributed by atoms with van der Waals surface area (Å²) in [5.74, 6) is -1.25. The predicted molar refractivity (Wildman–Crippen MR) is 125 cm³/mol. The third-order valence-corrected chi connectivity index (χ3v) is 7.01. The number of fused-ring (bicyclic) bond motifs is 2. The van der Waals surface area contributed by atoms with Crippen LogP contribution in [0.15, 0.2) is 47.4 Å². The second-order valence-corrected chi connectivity index (χ2v) is 9.44. The Morgan fingerprint density at radius 1 is 1.06 bits per heavy atom. The summed E-state index contributed by atoms with van der Waals surface area (Å²) in [6, 6.07) is 8.72. The molecule has 2 heterocycles. The Morgan fingerprint density at radius 3 is 2.38 bits per heavy atom. The minimum atomic E-state index is -3.63. The molecule has 2 aromatic heterocycles. The molecule has 4 aromatic rings. The maximum Gasteiger partial charge on any atom is 0.367 e. The van der Waals surface area contributed by atoms with E-state index in [2.05, 4.69) is 4.98 Å². The number of nitrogens with zero attached hydrogens (tertiary/aromatic N) is 1. The molecule has 0 saturated heterocycles. The van der Waals surface area contributed by atoms with Crippen LogP contribution in [0, 0.1) is 5.82 Å². The van der Waals surface area contributed by atoms with E-state index in [1.165, 1.54) is 24.3 Å². The fraction of sp³-hybridized carbons (Fsp3) is 0.261. The number of hydrogen-bond donors (Lipinski definition) is 3. The van der Waals surface area contributed by atoms with Gasteiger partial charge < -0.3 is 29.0 Å². The summed E-state index contributed by atoms with van der Waals surface area (Å²) in [4.78, 5) is 16.3. The number of phenolic OH excluding ortho intramolecular Hbond substituents is 1. The van der Waals surface area contributed by atoms with E-state index in [1.807, 2.05) is 0 Å². The van der Waals surface area contributed by atoms with E-state index >= 15 is 0 Å². The van der Waals surface area contributed by atoms with Gasteiger partial charge in [0.05, 0.1) is 36.0 Å². The summed E-state index contributed by atoms with van der Waals surface area (Å²) in [6.07, 6.45) is 1.08. The number of rotatable bonds is 9. The summed E-state index contributed by atoms with van der Waals surface area (Å²) < 4.78 is 43.7. The van der Waals surface area contributed by atoms with Crippen LogP contribution in [0.3, 0.4) is 0 Å². The summed E-state index contributed by atoms with van der Waals surface area (Å²) >= 11 is 0. The van der Waals surface area contributed by atoms with Crippen molar-refractivity contribution < 1.29 is 33.0 Å². The SMILES string of the molecule is CCOP(=O)(COc1c2ccc[nH]c2c(O)c2c(O)n(Cc3ccc(F)cc3)c(=O)c12)OCC. The van der Waals surface area contributed by atoms with Crippen LogP contribution >= 0.6 is 7.60 Å². The van der Waals surface area contributed by atoms with Gasteiger partial charge in [-0.1, -0.05) is 12.1 Å². The Balaban J connectivity index is 1.91. The van der Waals surface area contributed by atoms with Gasteiger partial charge in [0.1, 0.15) is 11.6 Å². The van der Waals surface area contributed by atoms with Gasteiger partial charge in [0.15, 0.2) is 12.1 Å². The fourth-order valence-electron chi connectivity index (χ4n) is 3.82. The smallest absolute Gasteiger partial charge is 0.367 e. The van der Waals surface area contributed by atoms with Crippen LogP contribution in [-0.2, 0) is 20.2 Å². The third-order valence-electron chi connectivity index (χ3n) is 5.26. The first-order valence-corrected chi connectivity index (χ1v) is 12.3. The van der Waals surface area contributed by atoms with Crippen molar-refractivity contribution in [1.29, 1.82) is 0 Å². The van der Waals surface area contributed by atoms with E-state index in [0.29, 0.717) is 10.9 Å². The van der Waals surface area contributed by atoms with Gasteiger partial charge in [-0.2, -0.15) is 0 Å². The first-order chi connectivity index (χ1) is 16.3. The molecule has 11 heteroatoms. The molecule has 0 aliphatic carbocycles. The fourth-order valence-corrected chi connectivity index (χ4v) is 5.12. The largest absolute Gasteiger partial charge is 0.505 e. The lowest BCUT2D eigenvalue weighted by Gasteiger charge is -2.18. The molecule has 0 bridgehead atoms. The lowest BCUT2D eigenvalue weighted by molar-refractivity contribution is 0.197. The molecule has 0 spiro atoms. The Morgan fingerprint density at radius 2 is 1.74 bits per heavy atom. The highest BCUT2D eigenvalue weighted by molar-refractivity contribution is 7.53. The van der Waals surface area contributed by atoms with E-state index in [4.69, 9.17) is 13.8 Å². The standard InChI is InChI=1S/C23H24FN2O7P/c1-3-32-34(30,33-4-2)13-31-21-16-6-5-11-25-19(16)20(27)17-18(21)23(29)26(22(17)28)12-14-7-9-15(24)10-8-14/h5-11,25,27-28H,3-4,12-13H2,1-2H3. The topological polar surface area (TPSA) is 123 Å². The Kier molecular flexibility index (Phi) is 6.65. The predicted octanol–water partition coefficient (Wildman–Crippen LogP) is 4.68. The van der Waals surface area contributed by atoms with E-state index in [1.54, 1.807) is 32.2 Å². The molecule has 180 valence electrons. The summed E-state index contributed by atoms with van der Waals surface area (Å²) in [5, 5.41) is 21.9. The molecule has 4 rings (SSSR count). The van der Waals surface area contributed by atoms with Gasteiger partial charge in [0, 0.05) is 11.6 Å². The molecule has 0 saturated carbocycles. The highest BCUT2D eigenvalue weighted by Crippen LogP contribution is 2.50. The lowest BCUT2D eigenvalue weighted by Crippen LogP contribution is -2.16. The zero-order valence-corrected chi connectivity index (χ0v) is 19.5. The first kappa shape index (κ1) is 23.8. The maximum absolute atomic E-state index is 13.4. The van der Waals surface area contributed by atoms with Crippen molar-refractivity contribution >= 4 is 29.3 Å². The molecule has 9 nitrogen and oxygen atoms in total. The van der Waals surface area contributed by atoms with Gasteiger partial charge in [-0.3, -0.25) is 13.9 Å². The normalized spacial score (nSPS) is 12.0. The quantitative estimate of drug-likeness (QED) is 0.291. The van der Waals surface area contributed by atoms with Gasteiger partial charge in [0.25, 0.3) is 5.56 Å². The number of halogens is 1. The van der Waals surface area contributed by atoms with Crippen LogP contribution in [0.4, 0.5) is 4.39 Å². The van der Waals surface area contributed by atoms with Crippen LogP contribution in [-0.4, -0.2) is 39.3 Å². The number of aromatic hydroxyl groups is 2. The number of ether oxygens (including phenoxy) is 1. The van der Waals surface area contributed by atoms with Crippen LogP contribution in [0.1, 0.15) is 19.4 Å². The molecule has 0 amide bonds. The van der Waals surface area contributed by atoms with Gasteiger partial charge in [-0.15, -0.1) is 0 Å². The zero-order chi connectivity index (χ0) is 24.5. The number of phenols is 1. The number of hydrogen-bond acceptors (Lipinski definition) is 7. The Bertz CT molecular complexity index is 1440. The Labute approximate surface area is 193 Å². The van der Waals surface area contributed by atoms with Crippen molar-refractivity contribution in [3.8, 4) is 17.4 Å². The highest BCUT2D eigenvalue weighted by Gasteiger charge is 2.29. The van der Waals surface area contributed by atoms with Gasteiger partial charge in [0.2, 0.25) is 5.88 Å². The van der Waals surface area contributed by atoms with Crippen molar-refractivity contribution in [1.82, 2.24) is 9.55 Å². The van der Waals surface area contributed by atoms with E-state index < -0.39 is 31.2 Å². The lowest BCUT2D eigenvalue weighted by atomic mass is 10.1. The molecule has 0 radical (unpaired) electrons. The summed E-state index contributed by atoms with van der Waals surface area (Å²) in [6.45, 7) is 3.51. The average Bonchev–Trinajstić information content (AvgIpc) is 3.06. The van der Waals surface area contributed by atoms with E-state index in [0.717, 1.165) is 4.57 Å². The third kappa shape index (κ3) is 4.27. The van der Waals surface area contributed by atoms with Crippen LogP contribution in [0.5, 0.6) is 17.4 Å². The van der Waals surface area contributed by atoms with Crippen molar-refractivity contribution in [2.75, 3.05) is 19.6 Å². The van der Waals surface area contributed by atoms with Crippen molar-refractivity contribution in [2.45, 2.75) is 20.4 Å². The van der Waals surface area contributed by atoms with Crippen molar-refractivity contribution in [3.63, 3.8) is 0 Å². The zero-order valence-electron chi connectivity index (χ0n) is 18.6. The van der Waals surface area contributed by atoms with Gasteiger partial charge >= 0.3 is 7.60 Å². The van der Waals surface area contributed by atoms with Crippen LogP contribution < -0.4 is 10.3 Å².